The first-order chi connectivity index (χ1) is 23.4. The van der Waals surface area contributed by atoms with Crippen LogP contribution in [0.15, 0.2) is 77.7 Å². The molecule has 1 saturated heterocycles. The summed E-state index contributed by atoms with van der Waals surface area (Å²) in [5.74, 6) is -0.900. The molecule has 1 unspecified atom stereocenters. The quantitative estimate of drug-likeness (QED) is 0.232. The molecule has 0 radical (unpaired) electrons. The highest BCUT2D eigenvalue weighted by molar-refractivity contribution is 5.96. The number of carbonyl (C=O) groups excluding carboxylic acids is 3. The number of likely N-dealkylation sites (tertiary alicyclic amines) is 1. The first kappa shape index (κ1) is 33.3. The maximum absolute atomic E-state index is 14.3. The van der Waals surface area contributed by atoms with Gasteiger partial charge in [0.25, 0.3) is 5.91 Å². The Kier molecular flexibility index (Phi) is 9.20. The van der Waals surface area contributed by atoms with Crippen LogP contribution < -0.4 is 11.0 Å². The van der Waals surface area contributed by atoms with Crippen LogP contribution in [0.1, 0.15) is 60.0 Å². The number of benzene rings is 2. The maximum atomic E-state index is 14.3. The molecule has 4 heterocycles. The van der Waals surface area contributed by atoms with E-state index in [2.05, 4.69) is 24.9 Å². The van der Waals surface area contributed by atoms with Crippen molar-refractivity contribution in [3.05, 3.63) is 101 Å². The van der Waals surface area contributed by atoms with Crippen molar-refractivity contribution in [2.24, 2.45) is 7.05 Å². The Balaban J connectivity index is 1.32. The van der Waals surface area contributed by atoms with E-state index in [-0.39, 0.29) is 24.0 Å². The zero-order valence-electron chi connectivity index (χ0n) is 28.2. The summed E-state index contributed by atoms with van der Waals surface area (Å²) >= 11 is 0. The van der Waals surface area contributed by atoms with Gasteiger partial charge in [-0.2, -0.15) is 0 Å². The highest BCUT2D eigenvalue weighted by Gasteiger charge is 2.31. The number of rotatable bonds is 9. The fraction of sp³-hybridized carbons (Fsp3) is 0.333. The molecule has 1 atom stereocenters. The van der Waals surface area contributed by atoms with Crippen LogP contribution in [-0.4, -0.2) is 78.8 Å². The van der Waals surface area contributed by atoms with E-state index in [0.29, 0.717) is 54.4 Å². The average molecular weight is 666 g/mol. The van der Waals surface area contributed by atoms with Gasteiger partial charge in [0.05, 0.1) is 37.1 Å². The van der Waals surface area contributed by atoms with Crippen molar-refractivity contribution in [1.82, 2.24) is 33.9 Å². The van der Waals surface area contributed by atoms with Crippen LogP contribution in [-0.2, 0) is 27.9 Å². The number of pyridine rings is 1. The zero-order chi connectivity index (χ0) is 34.9. The van der Waals surface area contributed by atoms with Gasteiger partial charge < -0.3 is 19.4 Å². The predicted molar refractivity (Wildman–Crippen MR) is 182 cm³/mol. The van der Waals surface area contributed by atoms with Gasteiger partial charge in [0.1, 0.15) is 29.4 Å². The molecule has 3 aromatic heterocycles. The second-order valence-corrected chi connectivity index (χ2v) is 13.0. The third kappa shape index (κ3) is 7.02. The summed E-state index contributed by atoms with van der Waals surface area (Å²) in [6, 6.07) is 20.7. The first-order valence-electron chi connectivity index (χ1n) is 16.0. The minimum atomic E-state index is -0.629. The topological polar surface area (TPSA) is 143 Å². The molecule has 0 spiro atoms. The Labute approximate surface area is 283 Å². The van der Waals surface area contributed by atoms with Gasteiger partial charge in [-0.15, -0.1) is 0 Å². The first-order valence-corrected chi connectivity index (χ1v) is 16.0. The molecular weight excluding hydrogens is 626 g/mol. The lowest BCUT2D eigenvalue weighted by atomic mass is 10.1. The van der Waals surface area contributed by atoms with Crippen molar-refractivity contribution in [2.45, 2.75) is 45.4 Å². The van der Waals surface area contributed by atoms with Crippen LogP contribution in [0.25, 0.3) is 28.0 Å². The molecule has 13 nitrogen and oxygen atoms in total. The van der Waals surface area contributed by atoms with Gasteiger partial charge in [0.15, 0.2) is 5.65 Å². The van der Waals surface area contributed by atoms with Crippen molar-refractivity contribution < 1.29 is 23.9 Å². The molecule has 1 fully saturated rings. The van der Waals surface area contributed by atoms with Crippen LogP contribution in [0.5, 0.6) is 0 Å². The Morgan fingerprint density at radius 2 is 1.69 bits per heavy atom. The van der Waals surface area contributed by atoms with E-state index in [1.54, 1.807) is 26.8 Å². The molecule has 1 aliphatic heterocycles. The van der Waals surface area contributed by atoms with E-state index in [4.69, 9.17) is 4.74 Å². The van der Waals surface area contributed by atoms with Crippen molar-refractivity contribution in [3.63, 3.8) is 0 Å². The van der Waals surface area contributed by atoms with Crippen LogP contribution in [0.2, 0.25) is 0 Å². The van der Waals surface area contributed by atoms with E-state index in [1.807, 2.05) is 75.4 Å². The Hall–Kier alpha value is -5.56. The lowest BCUT2D eigenvalue weighted by Crippen LogP contribution is -2.31. The number of fused-ring (bicyclic) bond motifs is 1. The molecule has 2 aromatic carbocycles. The fourth-order valence-electron chi connectivity index (χ4n) is 6.03. The summed E-state index contributed by atoms with van der Waals surface area (Å²) in [4.78, 5) is 63.0. The number of imidazole rings is 2. The lowest BCUT2D eigenvalue weighted by Gasteiger charge is -2.20. The Bertz CT molecular complexity index is 2070. The second-order valence-electron chi connectivity index (χ2n) is 13.0. The van der Waals surface area contributed by atoms with Crippen molar-refractivity contribution in [3.8, 4) is 16.8 Å². The van der Waals surface area contributed by atoms with Gasteiger partial charge in [-0.3, -0.25) is 23.6 Å². The van der Waals surface area contributed by atoms with Crippen LogP contribution >= 0.6 is 0 Å². The second kappa shape index (κ2) is 13.5. The summed E-state index contributed by atoms with van der Waals surface area (Å²) in [5, 5.41) is 2.52. The number of aromatic nitrogens is 5. The number of amides is 1. The molecule has 13 heteroatoms. The van der Waals surface area contributed by atoms with E-state index < -0.39 is 23.4 Å². The molecule has 254 valence electrons. The number of hydrogen-bond donors (Lipinski definition) is 1. The largest absolute Gasteiger partial charge is 0.468 e. The smallest absolute Gasteiger partial charge is 0.357 e. The third-order valence-corrected chi connectivity index (χ3v) is 8.48. The standard InChI is InChI=1S/C36H39N7O6/c1-36(2,3)49-34(46)29-19-37-30(40(29)4)22-41-18-17-26(21-41)43-32-28(16-15-27(39-32)33(45)38-20-31(44)48-5)42(35(43)47)25-13-11-24(12-14-25)23-9-7-6-8-10-23/h6-16,19,26H,17-18,20-22H2,1-5H3,(H,38,45). The number of nitrogens with zero attached hydrogens (tertiary/aromatic N) is 6. The molecule has 6 rings (SSSR count). The molecular formula is C36H39N7O6. The molecule has 0 saturated carbocycles. The molecule has 5 aromatic rings. The van der Waals surface area contributed by atoms with Gasteiger partial charge in [0.2, 0.25) is 0 Å². The number of carbonyl (C=O) groups is 3. The van der Waals surface area contributed by atoms with Gasteiger partial charge in [0, 0.05) is 20.1 Å². The molecule has 1 N–H and O–H groups in total. The highest BCUT2D eigenvalue weighted by Crippen LogP contribution is 2.28. The fourth-order valence-corrected chi connectivity index (χ4v) is 6.03. The molecule has 0 bridgehead atoms. The normalized spacial score (nSPS) is 15.0. The number of methoxy groups -OCH3 is 1. The minimum Gasteiger partial charge on any atom is -0.468 e. The number of esters is 2. The monoisotopic (exact) mass is 665 g/mol. The molecule has 1 aliphatic rings. The SMILES string of the molecule is COC(=O)CNC(=O)c1ccc2c(n1)n(C1CCN(Cc3ncc(C(=O)OC(C)(C)C)n3C)C1)c(=O)n2-c1ccc(-c2ccccc2)cc1. The van der Waals surface area contributed by atoms with E-state index in [0.717, 1.165) is 11.1 Å². The summed E-state index contributed by atoms with van der Waals surface area (Å²) < 4.78 is 15.2. The van der Waals surface area contributed by atoms with Gasteiger partial charge in [-0.25, -0.2) is 19.6 Å². The van der Waals surface area contributed by atoms with Crippen LogP contribution in [0.3, 0.4) is 0 Å². The predicted octanol–water partition coefficient (Wildman–Crippen LogP) is 3.89. The maximum Gasteiger partial charge on any atom is 0.357 e. The minimum absolute atomic E-state index is 0.0688. The molecule has 49 heavy (non-hydrogen) atoms. The summed E-state index contributed by atoms with van der Waals surface area (Å²) in [6.07, 6.45) is 2.17. The van der Waals surface area contributed by atoms with Gasteiger partial charge in [-0.05, 0) is 62.6 Å². The third-order valence-electron chi connectivity index (χ3n) is 8.48. The van der Waals surface area contributed by atoms with Crippen LogP contribution in [0.4, 0.5) is 0 Å². The van der Waals surface area contributed by atoms with Crippen molar-refractivity contribution in [1.29, 1.82) is 0 Å². The molecule has 1 amide bonds. The van der Waals surface area contributed by atoms with Gasteiger partial charge >= 0.3 is 17.6 Å². The lowest BCUT2D eigenvalue weighted by molar-refractivity contribution is -0.139. The van der Waals surface area contributed by atoms with Gasteiger partial charge in [-0.1, -0.05) is 42.5 Å². The number of ether oxygens (including phenoxy) is 2. The summed E-state index contributed by atoms with van der Waals surface area (Å²) in [7, 11) is 3.03. The molecule has 0 aliphatic carbocycles. The summed E-state index contributed by atoms with van der Waals surface area (Å²) in [5.41, 5.74) is 3.17. The van der Waals surface area contributed by atoms with E-state index in [9.17, 15) is 19.2 Å². The number of hydrogen-bond acceptors (Lipinski definition) is 9. The van der Waals surface area contributed by atoms with E-state index in [1.165, 1.54) is 19.4 Å². The van der Waals surface area contributed by atoms with E-state index >= 15 is 0 Å². The average Bonchev–Trinajstić information content (AvgIpc) is 3.77. The zero-order valence-corrected chi connectivity index (χ0v) is 28.2. The van der Waals surface area contributed by atoms with Crippen molar-refractivity contribution >= 4 is 29.0 Å². The number of nitrogens with one attached hydrogen (secondary N) is 1. The summed E-state index contributed by atoms with van der Waals surface area (Å²) in [6.45, 7) is 6.79. The highest BCUT2D eigenvalue weighted by atomic mass is 16.6. The van der Waals surface area contributed by atoms with Crippen LogP contribution in [0, 0.1) is 0 Å². The van der Waals surface area contributed by atoms with Crippen molar-refractivity contribution in [2.75, 3.05) is 26.7 Å². The Morgan fingerprint density at radius 1 is 0.980 bits per heavy atom. The Morgan fingerprint density at radius 3 is 2.39 bits per heavy atom.